The molecule has 0 spiro atoms. The number of halogens is 11. The number of unbranched alkanes of at least 4 members (excludes halogenated alkanes) is 2. The fourth-order valence-electron chi connectivity index (χ4n) is 1.70. The van der Waals surface area contributed by atoms with Gasteiger partial charge in [-0.05, 0) is 6.42 Å². The van der Waals surface area contributed by atoms with Crippen molar-refractivity contribution >= 4 is 10.1 Å². The zero-order valence-corrected chi connectivity index (χ0v) is 14.5. The quantitative estimate of drug-likeness (QED) is 0.225. The van der Waals surface area contributed by atoms with Crippen LogP contribution in [0.2, 0.25) is 0 Å². The number of alkyl halides is 11. The second-order valence-corrected chi connectivity index (χ2v) is 6.70. The molecule has 0 fully saturated rings. The zero-order valence-electron chi connectivity index (χ0n) is 13.7. The molecule has 0 aliphatic carbocycles. The van der Waals surface area contributed by atoms with Crippen molar-refractivity contribution in [2.45, 2.75) is 67.7 Å². The van der Waals surface area contributed by atoms with E-state index in [1.807, 2.05) is 0 Å². The normalized spacial score (nSPS) is 16.0. The van der Waals surface area contributed by atoms with Gasteiger partial charge >= 0.3 is 47.8 Å². The predicted molar refractivity (Wildman–Crippen MR) is 63.5 cm³/mol. The molecule has 0 saturated carbocycles. The van der Waals surface area contributed by atoms with Crippen LogP contribution >= 0.6 is 0 Å². The van der Waals surface area contributed by atoms with Crippen LogP contribution in [-0.4, -0.2) is 48.1 Å². The van der Waals surface area contributed by atoms with Crippen molar-refractivity contribution in [3.05, 3.63) is 0 Å². The van der Waals surface area contributed by atoms with E-state index >= 15 is 0 Å². The molecule has 0 heterocycles. The summed E-state index contributed by atoms with van der Waals surface area (Å²) < 4.78 is 175. The Hall–Kier alpha value is -0.263. The smallest absolute Gasteiger partial charge is 0.743 e. The summed E-state index contributed by atoms with van der Waals surface area (Å²) in [5.74, 6) is -29.6. The molecule has 27 heavy (non-hydrogen) atoms. The summed E-state index contributed by atoms with van der Waals surface area (Å²) in [4.78, 5) is 0. The monoisotopic (exact) mass is 440 g/mol. The van der Waals surface area contributed by atoms with E-state index in [0.29, 0.717) is 0 Å². The number of rotatable bonds is 10. The van der Waals surface area contributed by atoms with Crippen LogP contribution in [0.4, 0.5) is 48.3 Å². The second-order valence-electron chi connectivity index (χ2n) is 5.28. The van der Waals surface area contributed by atoms with Gasteiger partial charge in [-0.1, -0.05) is 26.2 Å². The van der Waals surface area contributed by atoms with Crippen LogP contribution in [-0.2, 0) is 10.1 Å². The molecule has 0 aromatic rings. The van der Waals surface area contributed by atoms with Gasteiger partial charge in [0.25, 0.3) is 0 Å². The molecule has 0 radical (unpaired) electrons. The van der Waals surface area contributed by atoms with Crippen LogP contribution in [0.25, 0.3) is 0 Å². The van der Waals surface area contributed by atoms with Crippen molar-refractivity contribution in [1.29, 1.82) is 0 Å². The van der Waals surface area contributed by atoms with Crippen molar-refractivity contribution in [3.63, 3.8) is 0 Å². The molecule has 0 N–H and O–H groups in total. The first-order chi connectivity index (χ1) is 11.2. The zero-order chi connectivity index (χ0) is 21.4. The second kappa shape index (κ2) is 8.62. The molecule has 0 saturated heterocycles. The SMILES string of the molecule is CCCCCC(F)C(F)(F)C(F)(F)C(F)(F)C(F)(F)C(F)(F)S(=O)(=O)[O-].[Li+]. The maximum atomic E-state index is 13.3. The van der Waals surface area contributed by atoms with Crippen molar-refractivity contribution in [2.75, 3.05) is 0 Å². The summed E-state index contributed by atoms with van der Waals surface area (Å²) in [6.07, 6.45) is -5.95. The maximum Gasteiger partial charge on any atom is 1.00 e. The summed E-state index contributed by atoms with van der Waals surface area (Å²) in [5.41, 5.74) is 0. The standard InChI is InChI=1S/C11H13F11O3S.Li/c1-2-3-4-5-6(12)7(13,14)8(15,16)9(17,18)10(19,20)11(21,22)26(23,24)25;/h6H,2-5H2,1H3,(H,23,24,25);/q;+1/p-1. The third-order valence-electron chi connectivity index (χ3n) is 3.34. The summed E-state index contributed by atoms with van der Waals surface area (Å²) in [6.45, 7) is 1.46. The first-order valence-corrected chi connectivity index (χ1v) is 8.12. The molecule has 16 heteroatoms. The topological polar surface area (TPSA) is 57.2 Å². The average molecular weight is 440 g/mol. The van der Waals surface area contributed by atoms with Crippen LogP contribution in [0.15, 0.2) is 0 Å². The molecule has 0 aromatic heterocycles. The molecule has 158 valence electrons. The summed E-state index contributed by atoms with van der Waals surface area (Å²) in [5, 5.41) is -7.38. The van der Waals surface area contributed by atoms with Gasteiger partial charge in [-0.25, -0.2) is 12.8 Å². The van der Waals surface area contributed by atoms with E-state index in [-0.39, 0.29) is 31.7 Å². The molecule has 0 aliphatic heterocycles. The minimum atomic E-state index is -7.79. The molecule has 0 rings (SSSR count). The Morgan fingerprint density at radius 1 is 0.815 bits per heavy atom. The Morgan fingerprint density at radius 2 is 1.22 bits per heavy atom. The van der Waals surface area contributed by atoms with Crippen molar-refractivity contribution in [3.8, 4) is 0 Å². The van der Waals surface area contributed by atoms with Gasteiger partial charge in [-0.3, -0.25) is 0 Å². The van der Waals surface area contributed by atoms with Gasteiger partial charge in [0.2, 0.25) is 0 Å². The van der Waals surface area contributed by atoms with Gasteiger partial charge in [0.15, 0.2) is 16.3 Å². The van der Waals surface area contributed by atoms with Gasteiger partial charge in [0, 0.05) is 0 Å². The third-order valence-corrected chi connectivity index (χ3v) is 4.23. The molecular formula is C11H12F11LiO3S. The Kier molecular flexibility index (Phi) is 9.24. The van der Waals surface area contributed by atoms with E-state index in [4.69, 9.17) is 0 Å². The fraction of sp³-hybridized carbons (Fsp3) is 1.00. The fourth-order valence-corrected chi connectivity index (χ4v) is 2.14. The van der Waals surface area contributed by atoms with Gasteiger partial charge in [0.05, 0.1) is 0 Å². The molecule has 1 atom stereocenters. The maximum absolute atomic E-state index is 13.3. The molecule has 0 aromatic carbocycles. The van der Waals surface area contributed by atoms with E-state index in [0.717, 1.165) is 0 Å². The van der Waals surface area contributed by atoms with Crippen LogP contribution < -0.4 is 18.9 Å². The first-order valence-electron chi connectivity index (χ1n) is 6.72. The van der Waals surface area contributed by atoms with Gasteiger partial charge in [-0.15, -0.1) is 0 Å². The molecule has 3 nitrogen and oxygen atoms in total. The van der Waals surface area contributed by atoms with Gasteiger partial charge < -0.3 is 4.55 Å². The van der Waals surface area contributed by atoms with Crippen molar-refractivity contribution in [1.82, 2.24) is 0 Å². The average Bonchev–Trinajstić information content (AvgIpc) is 2.45. The largest absolute Gasteiger partial charge is 1.00 e. The number of hydrogen-bond acceptors (Lipinski definition) is 3. The summed E-state index contributed by atoms with van der Waals surface area (Å²) in [7, 11) is -7.67. The summed E-state index contributed by atoms with van der Waals surface area (Å²) >= 11 is 0. The van der Waals surface area contributed by atoms with Gasteiger partial charge in [-0.2, -0.15) is 43.9 Å². The van der Waals surface area contributed by atoms with E-state index in [2.05, 4.69) is 0 Å². The molecular weight excluding hydrogens is 428 g/mol. The molecule has 1 unspecified atom stereocenters. The Balaban J connectivity index is 0. The van der Waals surface area contributed by atoms with E-state index in [9.17, 15) is 61.3 Å². The molecule has 0 aliphatic rings. The van der Waals surface area contributed by atoms with Crippen LogP contribution in [0.5, 0.6) is 0 Å². The van der Waals surface area contributed by atoms with Crippen molar-refractivity contribution in [2.24, 2.45) is 0 Å². The first kappa shape index (κ1) is 28.9. The third kappa shape index (κ3) is 4.67. The van der Waals surface area contributed by atoms with Crippen molar-refractivity contribution < 1.29 is 80.1 Å². The van der Waals surface area contributed by atoms with Gasteiger partial charge in [0.1, 0.15) is 0 Å². The van der Waals surface area contributed by atoms with Crippen LogP contribution in [0.3, 0.4) is 0 Å². The van der Waals surface area contributed by atoms with E-state index in [1.165, 1.54) is 6.92 Å². The van der Waals surface area contributed by atoms with Crippen LogP contribution in [0.1, 0.15) is 32.6 Å². The molecule has 0 bridgehead atoms. The Morgan fingerprint density at radius 3 is 1.56 bits per heavy atom. The van der Waals surface area contributed by atoms with E-state index in [1.54, 1.807) is 0 Å². The number of hydrogen-bond donors (Lipinski definition) is 0. The minimum Gasteiger partial charge on any atom is -0.743 e. The summed E-state index contributed by atoms with van der Waals surface area (Å²) in [6, 6.07) is 0. The van der Waals surface area contributed by atoms with E-state index < -0.39 is 58.1 Å². The molecule has 0 amide bonds. The predicted octanol–water partition coefficient (Wildman–Crippen LogP) is 1.59. The minimum absolute atomic E-state index is 0. The Labute approximate surface area is 158 Å². The Bertz CT molecular complexity index is 594. The van der Waals surface area contributed by atoms with Crippen LogP contribution in [0, 0.1) is 0 Å².